The van der Waals surface area contributed by atoms with Crippen LogP contribution in [0.5, 0.6) is 0 Å². The molecule has 2 heteroatoms. The minimum absolute atomic E-state index is 0.256. The lowest BCUT2D eigenvalue weighted by atomic mass is 9.90. The molecule has 0 saturated carbocycles. The van der Waals surface area contributed by atoms with Crippen LogP contribution in [-0.2, 0) is 0 Å². The van der Waals surface area contributed by atoms with E-state index in [2.05, 4.69) is 175 Å². The van der Waals surface area contributed by atoms with Gasteiger partial charge in [-0.2, -0.15) is 0 Å². The number of para-hydroxylation sites is 3. The average Bonchev–Trinajstić information content (AvgIpc) is 3.07. The fourth-order valence-corrected chi connectivity index (χ4v) is 7.08. The smallest absolute Gasteiger partial charge is 0.0586 e. The summed E-state index contributed by atoms with van der Waals surface area (Å²) in [4.78, 5) is 4.96. The predicted octanol–water partition coefficient (Wildman–Crippen LogP) is 11.8. The SMILES string of the molecule is CC1=CC=CCC1N(c1ccccc1)c1ccc2ccc3c(N(c4ccccc4)c4ccccc4C)ccc4ccc1c2c43. The molecule has 1 unspecified atom stereocenters. The minimum atomic E-state index is 0.256. The maximum absolute atomic E-state index is 2.55. The number of hydrogen-bond donors (Lipinski definition) is 0. The van der Waals surface area contributed by atoms with Gasteiger partial charge in [-0.15, -0.1) is 0 Å². The first-order valence-corrected chi connectivity index (χ1v) is 15.5. The highest BCUT2D eigenvalue weighted by Crippen LogP contribution is 2.47. The van der Waals surface area contributed by atoms with E-state index in [1.54, 1.807) is 0 Å². The van der Waals surface area contributed by atoms with E-state index < -0.39 is 0 Å². The van der Waals surface area contributed by atoms with Crippen molar-refractivity contribution in [2.24, 2.45) is 0 Å². The molecule has 1 atom stereocenters. The van der Waals surface area contributed by atoms with E-state index in [1.165, 1.54) is 66.2 Å². The lowest BCUT2D eigenvalue weighted by Crippen LogP contribution is -2.32. The molecule has 8 rings (SSSR count). The van der Waals surface area contributed by atoms with Crippen LogP contribution in [0.1, 0.15) is 18.9 Å². The Morgan fingerprint density at radius 2 is 1.09 bits per heavy atom. The van der Waals surface area contributed by atoms with Crippen molar-refractivity contribution >= 4 is 60.8 Å². The molecule has 0 fully saturated rings. The second-order valence-corrected chi connectivity index (χ2v) is 11.8. The molecule has 0 aromatic heterocycles. The zero-order chi connectivity index (χ0) is 29.6. The predicted molar refractivity (Wildman–Crippen MR) is 189 cm³/mol. The van der Waals surface area contributed by atoms with Crippen LogP contribution >= 0.6 is 0 Å². The van der Waals surface area contributed by atoms with Gasteiger partial charge in [0.2, 0.25) is 0 Å². The van der Waals surface area contributed by atoms with Gasteiger partial charge < -0.3 is 9.80 Å². The van der Waals surface area contributed by atoms with Gasteiger partial charge in [-0.25, -0.2) is 0 Å². The van der Waals surface area contributed by atoms with E-state index in [4.69, 9.17) is 0 Å². The Kier molecular flexibility index (Phi) is 6.42. The maximum Gasteiger partial charge on any atom is 0.0586 e. The van der Waals surface area contributed by atoms with Crippen molar-refractivity contribution in [1.29, 1.82) is 0 Å². The number of aryl methyl sites for hydroxylation is 1. The van der Waals surface area contributed by atoms with Crippen molar-refractivity contribution in [3.8, 4) is 0 Å². The Morgan fingerprint density at radius 3 is 1.75 bits per heavy atom. The van der Waals surface area contributed by atoms with Gasteiger partial charge in [0.1, 0.15) is 0 Å². The lowest BCUT2D eigenvalue weighted by Gasteiger charge is -2.36. The van der Waals surface area contributed by atoms with Crippen LogP contribution in [0.3, 0.4) is 0 Å². The quantitative estimate of drug-likeness (QED) is 0.185. The summed E-state index contributed by atoms with van der Waals surface area (Å²) in [6.45, 7) is 4.46. The van der Waals surface area contributed by atoms with Crippen molar-refractivity contribution in [2.45, 2.75) is 26.3 Å². The molecule has 0 N–H and O–H groups in total. The summed E-state index contributed by atoms with van der Waals surface area (Å²) < 4.78 is 0. The fraction of sp³-hybridized carbons (Fsp3) is 0.0952. The number of anilines is 5. The van der Waals surface area contributed by atoms with Crippen molar-refractivity contribution < 1.29 is 0 Å². The van der Waals surface area contributed by atoms with Crippen LogP contribution in [-0.4, -0.2) is 6.04 Å². The standard InChI is InChI=1S/C42H34N2/c1-29-13-9-11-19-37(29)43(33-15-5-3-6-16-33)39-27-23-31-22-26-36-40(28-24-32-21-25-35(39)41(31)42(32)36)44(34-17-7-4-8-18-34)38-20-12-10-14-30(38)2/h3-19,21-28,38H,20H2,1-2H3. The molecule has 44 heavy (non-hydrogen) atoms. The van der Waals surface area contributed by atoms with Crippen LogP contribution in [0.15, 0.2) is 157 Å². The van der Waals surface area contributed by atoms with Crippen LogP contribution in [0.2, 0.25) is 0 Å². The van der Waals surface area contributed by atoms with Crippen LogP contribution < -0.4 is 9.80 Å². The molecule has 2 nitrogen and oxygen atoms in total. The molecule has 1 aliphatic rings. The van der Waals surface area contributed by atoms with Crippen LogP contribution in [0, 0.1) is 6.92 Å². The Labute approximate surface area is 259 Å². The number of nitrogens with zero attached hydrogens (tertiary/aromatic N) is 2. The fourth-order valence-electron chi connectivity index (χ4n) is 7.08. The topological polar surface area (TPSA) is 6.48 Å². The minimum Gasteiger partial charge on any atom is -0.333 e. The summed E-state index contributed by atoms with van der Waals surface area (Å²) in [5, 5.41) is 7.72. The molecule has 212 valence electrons. The van der Waals surface area contributed by atoms with E-state index in [0.29, 0.717) is 0 Å². The highest BCUT2D eigenvalue weighted by molar-refractivity contribution is 6.28. The van der Waals surface area contributed by atoms with Gasteiger partial charge in [-0.3, -0.25) is 0 Å². The zero-order valence-electron chi connectivity index (χ0n) is 25.1. The molecular formula is C42H34N2. The monoisotopic (exact) mass is 566 g/mol. The Balaban J connectivity index is 1.41. The number of benzene rings is 7. The third-order valence-corrected chi connectivity index (χ3v) is 9.22. The number of hydrogen-bond acceptors (Lipinski definition) is 2. The highest BCUT2D eigenvalue weighted by Gasteiger charge is 2.26. The molecule has 0 radical (unpaired) electrons. The molecule has 1 aliphatic carbocycles. The Bertz CT molecular complexity index is 2180. The third kappa shape index (κ3) is 4.26. The lowest BCUT2D eigenvalue weighted by molar-refractivity contribution is 0.743. The molecule has 0 saturated heterocycles. The summed E-state index contributed by atoms with van der Waals surface area (Å²) in [6.07, 6.45) is 7.72. The van der Waals surface area contributed by atoms with Gasteiger partial charge in [0, 0.05) is 33.5 Å². The molecule has 0 aliphatic heterocycles. The van der Waals surface area contributed by atoms with Crippen molar-refractivity contribution in [1.82, 2.24) is 0 Å². The van der Waals surface area contributed by atoms with Crippen LogP contribution in [0.25, 0.3) is 32.3 Å². The summed E-state index contributed by atoms with van der Waals surface area (Å²) in [5.74, 6) is 0. The molecule has 7 aromatic carbocycles. The summed E-state index contributed by atoms with van der Waals surface area (Å²) in [5.41, 5.74) is 8.61. The second-order valence-electron chi connectivity index (χ2n) is 11.8. The van der Waals surface area contributed by atoms with E-state index in [0.717, 1.165) is 12.1 Å². The van der Waals surface area contributed by atoms with Crippen molar-refractivity contribution in [3.63, 3.8) is 0 Å². The van der Waals surface area contributed by atoms with E-state index in [-0.39, 0.29) is 6.04 Å². The molecule has 0 spiro atoms. The molecule has 0 heterocycles. The normalized spacial score (nSPS) is 14.8. The molecule has 0 amide bonds. The second kappa shape index (κ2) is 10.7. The van der Waals surface area contributed by atoms with Gasteiger partial charge in [0.05, 0.1) is 11.7 Å². The van der Waals surface area contributed by atoms with E-state index >= 15 is 0 Å². The molecule has 0 bridgehead atoms. The number of rotatable bonds is 6. The molecule has 7 aromatic rings. The first kappa shape index (κ1) is 26.3. The van der Waals surface area contributed by atoms with Crippen LogP contribution in [0.4, 0.5) is 28.4 Å². The first-order chi connectivity index (χ1) is 21.7. The van der Waals surface area contributed by atoms with Gasteiger partial charge in [-0.05, 0) is 89.8 Å². The van der Waals surface area contributed by atoms with Crippen molar-refractivity contribution in [2.75, 3.05) is 9.80 Å². The van der Waals surface area contributed by atoms with Gasteiger partial charge >= 0.3 is 0 Å². The third-order valence-electron chi connectivity index (χ3n) is 9.22. The zero-order valence-corrected chi connectivity index (χ0v) is 25.1. The van der Waals surface area contributed by atoms with E-state index in [9.17, 15) is 0 Å². The Hall–Kier alpha value is -5.34. The highest BCUT2D eigenvalue weighted by atomic mass is 15.2. The summed E-state index contributed by atoms with van der Waals surface area (Å²) >= 11 is 0. The Morgan fingerprint density at radius 1 is 0.523 bits per heavy atom. The van der Waals surface area contributed by atoms with Gasteiger partial charge in [-0.1, -0.05) is 115 Å². The largest absolute Gasteiger partial charge is 0.333 e. The van der Waals surface area contributed by atoms with E-state index in [1.807, 2.05) is 0 Å². The summed E-state index contributed by atoms with van der Waals surface area (Å²) in [7, 11) is 0. The number of allylic oxidation sites excluding steroid dienone is 2. The first-order valence-electron chi connectivity index (χ1n) is 15.5. The average molecular weight is 567 g/mol. The van der Waals surface area contributed by atoms with Crippen molar-refractivity contribution in [3.05, 3.63) is 163 Å². The van der Waals surface area contributed by atoms with Gasteiger partial charge in [0.15, 0.2) is 0 Å². The van der Waals surface area contributed by atoms with Gasteiger partial charge in [0.25, 0.3) is 0 Å². The maximum atomic E-state index is 2.55. The summed E-state index contributed by atoms with van der Waals surface area (Å²) in [6, 6.07) is 49.0. The molecular weight excluding hydrogens is 532 g/mol.